The smallest absolute Gasteiger partial charge is 0.254 e. The lowest BCUT2D eigenvalue weighted by molar-refractivity contribution is 0.0700. The molecule has 2 saturated heterocycles. The van der Waals surface area contributed by atoms with Crippen LogP contribution in [0.15, 0.2) is 48.8 Å². The third-order valence-corrected chi connectivity index (χ3v) is 11.0. The fourth-order valence-corrected chi connectivity index (χ4v) is 8.41. The van der Waals surface area contributed by atoms with Crippen molar-refractivity contribution in [2.24, 2.45) is 23.5 Å². The molecule has 0 spiro atoms. The van der Waals surface area contributed by atoms with Crippen molar-refractivity contribution in [2.75, 3.05) is 31.6 Å². The Morgan fingerprint density at radius 2 is 1.83 bits per heavy atom. The maximum atomic E-state index is 14.0. The number of fused-ring (bicyclic) bond motifs is 4. The first-order valence-electron chi connectivity index (χ1n) is 17.1. The Morgan fingerprint density at radius 1 is 0.957 bits per heavy atom. The van der Waals surface area contributed by atoms with Crippen molar-refractivity contribution >= 4 is 33.8 Å². The minimum Gasteiger partial charge on any atom is -0.494 e. The van der Waals surface area contributed by atoms with Gasteiger partial charge < -0.3 is 29.4 Å². The third kappa shape index (κ3) is 4.85. The van der Waals surface area contributed by atoms with E-state index in [4.69, 9.17) is 25.4 Å². The first kappa shape index (κ1) is 28.7. The first-order valence-corrected chi connectivity index (χ1v) is 17.1. The molecule has 4 aromatic heterocycles. The summed E-state index contributed by atoms with van der Waals surface area (Å²) in [4.78, 5) is 37.5. The van der Waals surface area contributed by atoms with E-state index >= 15 is 0 Å². The predicted molar refractivity (Wildman–Crippen MR) is 180 cm³/mol. The molecule has 4 atom stereocenters. The second kappa shape index (κ2) is 11.0. The number of pyridine rings is 1. The van der Waals surface area contributed by atoms with Gasteiger partial charge in [0.05, 0.1) is 18.3 Å². The van der Waals surface area contributed by atoms with E-state index in [0.29, 0.717) is 29.1 Å². The maximum Gasteiger partial charge on any atom is 0.254 e. The summed E-state index contributed by atoms with van der Waals surface area (Å²) in [5.41, 5.74) is 10.8. The standard InChI is InChI=1S/C36H41N9O2/c1-21-38-12-9-31(40-21)42-13-10-23(17-42)19-45-33-27(14-26(16-30(33)47-2)36(46)44-20-25-7-8-28(44)32(25)37)41-35(45)29-15-24-4-3-11-39-34(24)43(29)18-22-5-6-22/h3-4,9,11-12,14-16,22-23,25,28,32H,5-8,10,13,17-20,37H2,1-2H3/t23-,25?,28?,32+/m0/s1. The number of aromatic nitrogens is 6. The lowest BCUT2D eigenvalue weighted by Gasteiger charge is -2.27. The molecule has 0 radical (unpaired) electrons. The van der Waals surface area contributed by atoms with Crippen LogP contribution in [-0.4, -0.2) is 78.7 Å². The molecule has 1 aromatic carbocycles. The average Bonchev–Trinajstić information content (AvgIpc) is 3.39. The van der Waals surface area contributed by atoms with Gasteiger partial charge in [-0.05, 0) is 93.2 Å². The summed E-state index contributed by atoms with van der Waals surface area (Å²) < 4.78 is 10.8. The van der Waals surface area contributed by atoms with E-state index in [1.807, 2.05) is 48.5 Å². The molecule has 11 nitrogen and oxygen atoms in total. The van der Waals surface area contributed by atoms with Crippen LogP contribution >= 0.6 is 0 Å². The van der Waals surface area contributed by atoms with E-state index in [9.17, 15) is 4.79 Å². The summed E-state index contributed by atoms with van der Waals surface area (Å²) in [7, 11) is 1.69. The highest BCUT2D eigenvalue weighted by Gasteiger charge is 2.47. The van der Waals surface area contributed by atoms with E-state index in [2.05, 4.69) is 31.2 Å². The predicted octanol–water partition coefficient (Wildman–Crippen LogP) is 4.66. The Kier molecular flexibility index (Phi) is 6.74. The Labute approximate surface area is 273 Å². The van der Waals surface area contributed by atoms with Crippen molar-refractivity contribution in [3.8, 4) is 17.3 Å². The molecule has 2 saturated carbocycles. The summed E-state index contributed by atoms with van der Waals surface area (Å²) in [6.45, 7) is 6.16. The van der Waals surface area contributed by atoms with Crippen molar-refractivity contribution in [1.82, 2.24) is 34.0 Å². The van der Waals surface area contributed by atoms with E-state index < -0.39 is 0 Å². The summed E-state index contributed by atoms with van der Waals surface area (Å²) in [5.74, 6) is 4.75. The van der Waals surface area contributed by atoms with E-state index in [-0.39, 0.29) is 18.0 Å². The number of carbonyl (C=O) groups excluding carboxylic acids is 1. The van der Waals surface area contributed by atoms with Crippen molar-refractivity contribution in [2.45, 2.75) is 64.2 Å². The molecule has 4 fully saturated rings. The molecule has 6 heterocycles. The highest BCUT2D eigenvalue weighted by atomic mass is 16.5. The van der Waals surface area contributed by atoms with E-state index in [1.54, 1.807) is 7.11 Å². The largest absolute Gasteiger partial charge is 0.494 e. The number of carbonyl (C=O) groups is 1. The Bertz CT molecular complexity index is 2010. The number of imidazole rings is 1. The van der Waals surface area contributed by atoms with Gasteiger partial charge in [-0.15, -0.1) is 0 Å². The molecule has 4 aliphatic rings. The summed E-state index contributed by atoms with van der Waals surface area (Å²) in [6, 6.07) is 12.4. The van der Waals surface area contributed by atoms with Gasteiger partial charge in [-0.1, -0.05) is 0 Å². The van der Waals surface area contributed by atoms with Crippen LogP contribution in [0.25, 0.3) is 33.6 Å². The topological polar surface area (TPSA) is 120 Å². The van der Waals surface area contributed by atoms with Crippen molar-refractivity contribution < 1.29 is 9.53 Å². The molecule has 1 amide bonds. The third-order valence-electron chi connectivity index (χ3n) is 11.0. The SMILES string of the molecule is COc1cc(C(=O)N2CC3CCC2[C@@H]3N)cc2nc(-c3cc4cccnc4n3CC3CC3)n(C[C@H]3CCN(c4ccnc(C)n4)C3)c12. The van der Waals surface area contributed by atoms with Gasteiger partial charge in [0.2, 0.25) is 0 Å². The van der Waals surface area contributed by atoms with Crippen LogP contribution in [0.3, 0.4) is 0 Å². The van der Waals surface area contributed by atoms with Crippen LogP contribution < -0.4 is 15.4 Å². The van der Waals surface area contributed by atoms with Crippen LogP contribution in [0, 0.1) is 24.7 Å². The fourth-order valence-electron chi connectivity index (χ4n) is 8.41. The number of aryl methyl sites for hydroxylation is 1. The van der Waals surface area contributed by atoms with Gasteiger partial charge in [0, 0.05) is 68.2 Å². The summed E-state index contributed by atoms with van der Waals surface area (Å²) in [5, 5.41) is 1.11. The molecule has 2 unspecified atom stereocenters. The van der Waals surface area contributed by atoms with Gasteiger partial charge >= 0.3 is 0 Å². The number of amides is 1. The molecule has 2 aliphatic carbocycles. The molecule has 11 heteroatoms. The Morgan fingerprint density at radius 3 is 2.60 bits per heavy atom. The highest BCUT2D eigenvalue weighted by Crippen LogP contribution is 2.41. The summed E-state index contributed by atoms with van der Waals surface area (Å²) >= 11 is 0. The molecule has 5 aromatic rings. The minimum atomic E-state index is 0.0163. The molecular weight excluding hydrogens is 590 g/mol. The number of piperidine rings is 1. The van der Waals surface area contributed by atoms with Gasteiger partial charge in [0.15, 0.2) is 5.82 Å². The van der Waals surface area contributed by atoms with Gasteiger partial charge in [-0.3, -0.25) is 4.79 Å². The number of hydrogen-bond donors (Lipinski definition) is 1. The van der Waals surface area contributed by atoms with Crippen molar-refractivity contribution in [1.29, 1.82) is 0 Å². The fraction of sp³-hybridized carbons (Fsp3) is 0.472. The quantitative estimate of drug-likeness (QED) is 0.263. The molecule has 2 bridgehead atoms. The number of nitrogens with two attached hydrogens (primary N) is 1. The second-order valence-electron chi connectivity index (χ2n) is 14.1. The monoisotopic (exact) mass is 631 g/mol. The van der Waals surface area contributed by atoms with Gasteiger partial charge in [-0.2, -0.15) is 0 Å². The lowest BCUT2D eigenvalue weighted by atomic mass is 10.1. The Hall–Kier alpha value is -4.51. The average molecular weight is 632 g/mol. The second-order valence-corrected chi connectivity index (χ2v) is 14.1. The Balaban J connectivity index is 1.15. The van der Waals surface area contributed by atoms with Crippen LogP contribution in [-0.2, 0) is 13.1 Å². The van der Waals surface area contributed by atoms with Crippen LogP contribution in [0.2, 0.25) is 0 Å². The minimum absolute atomic E-state index is 0.0163. The van der Waals surface area contributed by atoms with E-state index in [0.717, 1.165) is 97.2 Å². The number of hydrogen-bond acceptors (Lipinski definition) is 8. The van der Waals surface area contributed by atoms with Gasteiger partial charge in [0.1, 0.15) is 28.6 Å². The number of likely N-dealkylation sites (tertiary alicyclic amines) is 1. The molecular formula is C36H41N9O2. The van der Waals surface area contributed by atoms with Gasteiger partial charge in [-0.25, -0.2) is 19.9 Å². The first-order chi connectivity index (χ1) is 22.9. The zero-order chi connectivity index (χ0) is 31.8. The van der Waals surface area contributed by atoms with E-state index in [1.165, 1.54) is 12.8 Å². The summed E-state index contributed by atoms with van der Waals surface area (Å²) in [6.07, 6.45) is 9.30. The van der Waals surface area contributed by atoms with Gasteiger partial charge in [0.25, 0.3) is 5.91 Å². The maximum absolute atomic E-state index is 14.0. The number of nitrogens with zero attached hydrogens (tertiary/aromatic N) is 8. The van der Waals surface area contributed by atoms with Crippen LogP contribution in [0.1, 0.15) is 48.3 Å². The number of benzene rings is 1. The lowest BCUT2D eigenvalue weighted by Crippen LogP contribution is -2.41. The molecule has 2 N–H and O–H groups in total. The van der Waals surface area contributed by atoms with Crippen LogP contribution in [0.5, 0.6) is 5.75 Å². The van der Waals surface area contributed by atoms with Crippen molar-refractivity contribution in [3.05, 3.63) is 60.2 Å². The number of rotatable bonds is 8. The zero-order valence-corrected chi connectivity index (χ0v) is 27.0. The molecule has 47 heavy (non-hydrogen) atoms. The van der Waals surface area contributed by atoms with Crippen molar-refractivity contribution in [3.63, 3.8) is 0 Å². The highest BCUT2D eigenvalue weighted by molar-refractivity contribution is 6.00. The molecule has 9 rings (SSSR count). The van der Waals surface area contributed by atoms with Crippen LogP contribution in [0.4, 0.5) is 5.82 Å². The number of methoxy groups -OCH3 is 1. The molecule has 2 aliphatic heterocycles. The number of anilines is 1. The normalized spacial score (nSPS) is 23.9. The number of ether oxygens (including phenoxy) is 1. The zero-order valence-electron chi connectivity index (χ0n) is 27.0. The molecule has 242 valence electrons.